The molecule has 2 heterocycles. The van der Waals surface area contributed by atoms with Crippen molar-refractivity contribution in [1.29, 1.82) is 0 Å². The molecule has 0 fully saturated rings. The van der Waals surface area contributed by atoms with Gasteiger partial charge in [0.2, 0.25) is 0 Å². The first kappa shape index (κ1) is 9.87. The Kier molecular flexibility index (Phi) is 2.29. The second-order valence-electron chi connectivity index (χ2n) is 2.87. The summed E-state index contributed by atoms with van der Waals surface area (Å²) in [6, 6.07) is 0. The highest BCUT2D eigenvalue weighted by atomic mass is 32.1. The number of nitrogens with one attached hydrogen (secondary N) is 2. The quantitative estimate of drug-likeness (QED) is 0.562. The number of alkyl halides is 1. The van der Waals surface area contributed by atoms with Crippen LogP contribution in [0.5, 0.6) is 0 Å². The molecule has 8 heteroatoms. The van der Waals surface area contributed by atoms with E-state index in [9.17, 15) is 9.18 Å². The van der Waals surface area contributed by atoms with Crippen LogP contribution < -0.4 is 10.9 Å². The molecular formula is C7H7FN4O2S. The van der Waals surface area contributed by atoms with Gasteiger partial charge in [0.25, 0.3) is 0 Å². The van der Waals surface area contributed by atoms with Crippen LogP contribution in [0.1, 0.15) is 0 Å². The highest BCUT2D eigenvalue weighted by Crippen LogP contribution is 2.17. The van der Waals surface area contributed by atoms with Crippen molar-refractivity contribution in [3.63, 3.8) is 0 Å². The molecule has 0 aromatic rings. The first-order valence-electron chi connectivity index (χ1n) is 3.99. The predicted molar refractivity (Wildman–Crippen MR) is 52.7 cm³/mol. The van der Waals surface area contributed by atoms with Crippen LogP contribution in [0.15, 0.2) is 23.8 Å². The van der Waals surface area contributed by atoms with Gasteiger partial charge >= 0.3 is 6.09 Å². The molecule has 0 saturated heterocycles. The molecule has 0 unspecified atom stereocenters. The van der Waals surface area contributed by atoms with Crippen molar-refractivity contribution >= 4 is 23.3 Å². The lowest BCUT2D eigenvalue weighted by atomic mass is 10.3. The number of thiocarbonyl (C=S) groups is 1. The van der Waals surface area contributed by atoms with Crippen molar-refractivity contribution < 1.29 is 14.3 Å². The summed E-state index contributed by atoms with van der Waals surface area (Å²) in [5.41, 5.74) is 2.79. The number of nitrogens with zero attached hydrogens (tertiary/aromatic N) is 2. The number of carbonyl (C=O) groups is 1. The predicted octanol–water partition coefficient (Wildman–Crippen LogP) is 0.285. The Morgan fingerprint density at radius 1 is 1.67 bits per heavy atom. The standard InChI is InChI=1S/C7H7FN4O2S/c8-2-4-1-6(15)12-5(9-4)3-11(10-12)7(13)14/h1,3,9-10H,2H2,(H,13,14). The molecule has 0 aliphatic carbocycles. The molecule has 0 atom stereocenters. The minimum Gasteiger partial charge on any atom is -0.464 e. The Morgan fingerprint density at radius 3 is 3.00 bits per heavy atom. The SMILES string of the molecule is O=C(O)N1C=C2NC(CF)=CC(=S)N2N1. The van der Waals surface area contributed by atoms with Gasteiger partial charge in [-0.2, -0.15) is 5.01 Å². The van der Waals surface area contributed by atoms with E-state index in [0.717, 1.165) is 5.01 Å². The van der Waals surface area contributed by atoms with Crippen LogP contribution in [0.25, 0.3) is 0 Å². The van der Waals surface area contributed by atoms with Crippen molar-refractivity contribution in [1.82, 2.24) is 20.9 Å². The van der Waals surface area contributed by atoms with Crippen LogP contribution in [-0.2, 0) is 0 Å². The summed E-state index contributed by atoms with van der Waals surface area (Å²) in [6.45, 7) is -0.682. The second-order valence-corrected chi connectivity index (χ2v) is 3.29. The van der Waals surface area contributed by atoms with Crippen LogP contribution in [0.3, 0.4) is 0 Å². The number of hydrazine groups is 2. The Labute approximate surface area is 89.6 Å². The Morgan fingerprint density at radius 2 is 2.40 bits per heavy atom. The maximum atomic E-state index is 12.4. The smallest absolute Gasteiger partial charge is 0.427 e. The summed E-state index contributed by atoms with van der Waals surface area (Å²) in [7, 11) is 0. The van der Waals surface area contributed by atoms with E-state index < -0.39 is 12.8 Å². The van der Waals surface area contributed by atoms with E-state index >= 15 is 0 Å². The number of allylic oxidation sites excluding steroid dienone is 1. The van der Waals surface area contributed by atoms with Gasteiger partial charge in [0, 0.05) is 0 Å². The maximum Gasteiger partial charge on any atom is 0.427 e. The third kappa shape index (κ3) is 1.64. The summed E-state index contributed by atoms with van der Waals surface area (Å²) in [5, 5.41) is 13.6. The molecule has 0 radical (unpaired) electrons. The molecule has 0 saturated carbocycles. The molecule has 2 aliphatic heterocycles. The minimum absolute atomic E-state index is 0.302. The fourth-order valence-electron chi connectivity index (χ4n) is 1.21. The molecular weight excluding hydrogens is 223 g/mol. The number of rotatable bonds is 1. The van der Waals surface area contributed by atoms with Gasteiger partial charge in [-0.3, -0.25) is 0 Å². The molecule has 80 valence electrons. The third-order valence-electron chi connectivity index (χ3n) is 1.86. The molecule has 1 amide bonds. The third-order valence-corrected chi connectivity index (χ3v) is 2.16. The van der Waals surface area contributed by atoms with Crippen LogP contribution >= 0.6 is 12.2 Å². The Hall–Kier alpha value is -1.67. The van der Waals surface area contributed by atoms with E-state index in [1.165, 1.54) is 17.3 Å². The van der Waals surface area contributed by atoms with Gasteiger partial charge in [0.1, 0.15) is 17.5 Å². The molecule has 15 heavy (non-hydrogen) atoms. The zero-order chi connectivity index (χ0) is 11.0. The van der Waals surface area contributed by atoms with E-state index in [-0.39, 0.29) is 0 Å². The van der Waals surface area contributed by atoms with E-state index in [4.69, 9.17) is 17.3 Å². The van der Waals surface area contributed by atoms with Crippen LogP contribution in [0, 0.1) is 0 Å². The van der Waals surface area contributed by atoms with Crippen molar-refractivity contribution in [2.75, 3.05) is 6.67 Å². The number of amides is 1. The highest BCUT2D eigenvalue weighted by Gasteiger charge is 2.30. The molecule has 3 N–H and O–H groups in total. The summed E-state index contributed by atoms with van der Waals surface area (Å²) in [4.78, 5) is 10.9. The van der Waals surface area contributed by atoms with E-state index in [2.05, 4.69) is 10.9 Å². The van der Waals surface area contributed by atoms with Crippen molar-refractivity contribution in [2.24, 2.45) is 0 Å². The Balaban J connectivity index is 2.24. The van der Waals surface area contributed by atoms with Gasteiger partial charge in [-0.15, -0.1) is 5.53 Å². The van der Waals surface area contributed by atoms with Gasteiger partial charge < -0.3 is 10.4 Å². The van der Waals surface area contributed by atoms with Crippen LogP contribution in [-0.4, -0.2) is 32.9 Å². The molecule has 0 spiro atoms. The molecule has 0 bridgehead atoms. The van der Waals surface area contributed by atoms with Gasteiger partial charge in [-0.05, 0) is 6.08 Å². The van der Waals surface area contributed by atoms with Crippen molar-refractivity contribution in [2.45, 2.75) is 0 Å². The normalized spacial score (nSPS) is 19.4. The number of hydrogen-bond acceptors (Lipinski definition) is 4. The number of hydrogen-bond donors (Lipinski definition) is 3. The van der Waals surface area contributed by atoms with Gasteiger partial charge in [-0.1, -0.05) is 12.2 Å². The molecule has 2 rings (SSSR count). The molecule has 6 nitrogen and oxygen atoms in total. The van der Waals surface area contributed by atoms with E-state index in [1.807, 2.05) is 0 Å². The first-order valence-corrected chi connectivity index (χ1v) is 4.40. The van der Waals surface area contributed by atoms with E-state index in [0.29, 0.717) is 16.5 Å². The average molecular weight is 230 g/mol. The summed E-state index contributed by atoms with van der Waals surface area (Å²) < 4.78 is 12.4. The van der Waals surface area contributed by atoms with Gasteiger partial charge in [0.05, 0.1) is 11.9 Å². The number of fused-ring (bicyclic) bond motifs is 1. The average Bonchev–Trinajstić information content (AvgIpc) is 2.61. The second kappa shape index (κ2) is 3.48. The fourth-order valence-corrected chi connectivity index (χ4v) is 1.49. The topological polar surface area (TPSA) is 67.8 Å². The highest BCUT2D eigenvalue weighted by molar-refractivity contribution is 7.80. The van der Waals surface area contributed by atoms with Crippen molar-refractivity contribution in [3.8, 4) is 0 Å². The maximum absolute atomic E-state index is 12.4. The molecule has 0 aromatic heterocycles. The Bertz CT molecular complexity index is 394. The summed E-state index contributed by atoms with van der Waals surface area (Å²) in [6.07, 6.45) is 1.52. The molecule has 0 aromatic carbocycles. The lowest BCUT2D eigenvalue weighted by Crippen LogP contribution is -2.48. The monoisotopic (exact) mass is 230 g/mol. The number of carboxylic acid groups (broad SMARTS) is 1. The minimum atomic E-state index is -1.18. The summed E-state index contributed by atoms with van der Waals surface area (Å²) >= 11 is 4.95. The van der Waals surface area contributed by atoms with Gasteiger partial charge in [-0.25, -0.2) is 14.2 Å². The fraction of sp³-hybridized carbons (Fsp3) is 0.143. The van der Waals surface area contributed by atoms with Crippen molar-refractivity contribution in [3.05, 3.63) is 23.8 Å². The molecule has 2 aliphatic rings. The lowest BCUT2D eigenvalue weighted by Gasteiger charge is -2.26. The number of halogens is 1. The van der Waals surface area contributed by atoms with Crippen LogP contribution in [0.2, 0.25) is 0 Å². The largest absolute Gasteiger partial charge is 0.464 e. The lowest BCUT2D eigenvalue weighted by molar-refractivity contribution is 0.126. The van der Waals surface area contributed by atoms with Crippen LogP contribution in [0.4, 0.5) is 9.18 Å². The summed E-state index contributed by atoms with van der Waals surface area (Å²) in [5.74, 6) is 0.387. The van der Waals surface area contributed by atoms with E-state index in [1.54, 1.807) is 0 Å². The zero-order valence-corrected chi connectivity index (χ0v) is 8.21. The zero-order valence-electron chi connectivity index (χ0n) is 7.40. The van der Waals surface area contributed by atoms with Gasteiger partial charge in [0.15, 0.2) is 0 Å². The first-order chi connectivity index (χ1) is 7.11.